The van der Waals surface area contributed by atoms with Gasteiger partial charge < -0.3 is 10.4 Å². The van der Waals surface area contributed by atoms with E-state index >= 15 is 0 Å². The summed E-state index contributed by atoms with van der Waals surface area (Å²) in [6.07, 6.45) is 3.11. The van der Waals surface area contributed by atoms with E-state index in [9.17, 15) is 9.50 Å². The third-order valence-corrected chi connectivity index (χ3v) is 4.16. The second kappa shape index (κ2) is 4.30. The Morgan fingerprint density at radius 1 is 1.18 bits per heavy atom. The smallest absolute Gasteiger partial charge is 0.132 e. The Morgan fingerprint density at radius 2 is 1.82 bits per heavy atom. The van der Waals surface area contributed by atoms with Gasteiger partial charge in [0.05, 0.1) is 0 Å². The van der Waals surface area contributed by atoms with Crippen molar-refractivity contribution in [3.63, 3.8) is 0 Å². The summed E-state index contributed by atoms with van der Waals surface area (Å²) >= 11 is 0. The van der Waals surface area contributed by atoms with Crippen molar-refractivity contribution >= 4 is 0 Å². The number of piperidine rings is 1. The van der Waals surface area contributed by atoms with Crippen molar-refractivity contribution in [1.29, 1.82) is 0 Å². The Bertz CT molecular complexity index is 397. The Morgan fingerprint density at radius 3 is 2.47 bits per heavy atom. The molecule has 2 heterocycles. The highest BCUT2D eigenvalue weighted by molar-refractivity contribution is 5.34. The van der Waals surface area contributed by atoms with E-state index in [1.807, 2.05) is 0 Å². The van der Waals surface area contributed by atoms with Crippen LogP contribution in [-0.2, 0) is 0 Å². The summed E-state index contributed by atoms with van der Waals surface area (Å²) in [6.45, 7) is 0. The van der Waals surface area contributed by atoms with Gasteiger partial charge in [-0.2, -0.15) is 0 Å². The maximum absolute atomic E-state index is 14.5. The van der Waals surface area contributed by atoms with Gasteiger partial charge in [-0.25, -0.2) is 4.39 Å². The van der Waals surface area contributed by atoms with Gasteiger partial charge in [0.15, 0.2) is 0 Å². The van der Waals surface area contributed by atoms with Crippen LogP contribution in [0.1, 0.15) is 37.4 Å². The van der Waals surface area contributed by atoms with Gasteiger partial charge in [-0.05, 0) is 37.7 Å². The van der Waals surface area contributed by atoms with E-state index in [4.69, 9.17) is 0 Å². The molecule has 1 aromatic carbocycles. The van der Waals surface area contributed by atoms with Crippen LogP contribution >= 0.6 is 0 Å². The lowest BCUT2D eigenvalue weighted by Crippen LogP contribution is -2.39. The number of aromatic hydroxyl groups is 1. The molecule has 0 aliphatic carbocycles. The highest BCUT2D eigenvalue weighted by Crippen LogP contribution is 2.42. The second-order valence-corrected chi connectivity index (χ2v) is 5.33. The first kappa shape index (κ1) is 11.0. The standard InChI is InChI=1S/C14H18FNO/c15-14(12-3-1-2-4-13(12)17)9-7-10-5-6-11(8-9)16-10/h1-4,9-11,14,16-17H,5-8H2. The minimum atomic E-state index is -1.03. The molecular formula is C14H18FNO. The van der Waals surface area contributed by atoms with Crippen LogP contribution in [0.15, 0.2) is 24.3 Å². The molecule has 0 radical (unpaired) electrons. The lowest BCUT2D eigenvalue weighted by atomic mass is 9.85. The molecule has 3 atom stereocenters. The fourth-order valence-corrected chi connectivity index (χ4v) is 3.31. The van der Waals surface area contributed by atoms with Crippen molar-refractivity contribution < 1.29 is 9.50 Å². The first-order valence-electron chi connectivity index (χ1n) is 6.42. The van der Waals surface area contributed by atoms with E-state index in [0.29, 0.717) is 17.6 Å². The van der Waals surface area contributed by atoms with E-state index in [-0.39, 0.29) is 11.7 Å². The number of rotatable bonds is 2. The average molecular weight is 235 g/mol. The van der Waals surface area contributed by atoms with E-state index < -0.39 is 6.17 Å². The number of benzene rings is 1. The van der Waals surface area contributed by atoms with Gasteiger partial charge in [-0.15, -0.1) is 0 Å². The molecule has 1 aromatic rings. The molecule has 2 nitrogen and oxygen atoms in total. The van der Waals surface area contributed by atoms with Crippen LogP contribution in [0.4, 0.5) is 4.39 Å². The molecule has 0 spiro atoms. The van der Waals surface area contributed by atoms with Gasteiger partial charge in [0.2, 0.25) is 0 Å². The number of fused-ring (bicyclic) bond motifs is 2. The molecular weight excluding hydrogens is 217 g/mol. The lowest BCUT2D eigenvalue weighted by molar-refractivity contribution is 0.161. The minimum Gasteiger partial charge on any atom is -0.508 e. The zero-order valence-corrected chi connectivity index (χ0v) is 9.77. The molecule has 0 amide bonds. The van der Waals surface area contributed by atoms with E-state index in [0.717, 1.165) is 12.8 Å². The number of alkyl halides is 1. The molecule has 3 rings (SSSR count). The van der Waals surface area contributed by atoms with E-state index in [1.165, 1.54) is 12.8 Å². The monoisotopic (exact) mass is 235 g/mol. The maximum Gasteiger partial charge on any atom is 0.132 e. The third kappa shape index (κ3) is 2.04. The number of para-hydroxylation sites is 1. The zero-order valence-electron chi connectivity index (χ0n) is 9.77. The van der Waals surface area contributed by atoms with Crippen molar-refractivity contribution in [2.24, 2.45) is 5.92 Å². The van der Waals surface area contributed by atoms with Crippen molar-refractivity contribution in [1.82, 2.24) is 5.32 Å². The summed E-state index contributed by atoms with van der Waals surface area (Å²) in [5, 5.41) is 13.2. The molecule has 3 unspecified atom stereocenters. The SMILES string of the molecule is Oc1ccccc1C(F)C1CC2CCC(C1)N2. The summed E-state index contributed by atoms with van der Waals surface area (Å²) in [5.74, 6) is 0.146. The molecule has 2 N–H and O–H groups in total. The molecule has 0 aromatic heterocycles. The van der Waals surface area contributed by atoms with Gasteiger partial charge in [0.1, 0.15) is 11.9 Å². The number of hydrogen-bond donors (Lipinski definition) is 2. The van der Waals surface area contributed by atoms with Crippen LogP contribution in [-0.4, -0.2) is 17.2 Å². The van der Waals surface area contributed by atoms with Crippen molar-refractivity contribution in [3.8, 4) is 5.75 Å². The molecule has 2 aliphatic rings. The topological polar surface area (TPSA) is 32.3 Å². The fourth-order valence-electron chi connectivity index (χ4n) is 3.31. The number of nitrogens with one attached hydrogen (secondary N) is 1. The fraction of sp³-hybridized carbons (Fsp3) is 0.571. The largest absolute Gasteiger partial charge is 0.508 e. The number of phenols is 1. The Balaban J connectivity index is 1.78. The summed E-state index contributed by atoms with van der Waals surface area (Å²) < 4.78 is 14.5. The first-order chi connectivity index (χ1) is 8.24. The molecule has 2 saturated heterocycles. The molecule has 2 bridgehead atoms. The zero-order chi connectivity index (χ0) is 11.8. The van der Waals surface area contributed by atoms with Crippen molar-refractivity contribution in [3.05, 3.63) is 29.8 Å². The number of halogens is 1. The van der Waals surface area contributed by atoms with Crippen LogP contribution in [0.3, 0.4) is 0 Å². The van der Waals surface area contributed by atoms with Gasteiger partial charge in [-0.3, -0.25) is 0 Å². The predicted octanol–water partition coefficient (Wildman–Crippen LogP) is 2.93. The van der Waals surface area contributed by atoms with Crippen LogP contribution in [0.25, 0.3) is 0 Å². The van der Waals surface area contributed by atoms with E-state index in [2.05, 4.69) is 5.32 Å². The number of hydrogen-bond acceptors (Lipinski definition) is 2. The van der Waals surface area contributed by atoms with Crippen LogP contribution in [0.2, 0.25) is 0 Å². The molecule has 92 valence electrons. The summed E-state index contributed by atoms with van der Waals surface area (Å²) in [5.41, 5.74) is 0.457. The Kier molecular flexibility index (Phi) is 2.79. The van der Waals surface area contributed by atoms with Gasteiger partial charge >= 0.3 is 0 Å². The normalized spacial score (nSPS) is 33.6. The third-order valence-electron chi connectivity index (χ3n) is 4.16. The molecule has 2 aliphatic heterocycles. The Hall–Kier alpha value is -1.09. The van der Waals surface area contributed by atoms with Crippen LogP contribution in [0.5, 0.6) is 5.75 Å². The maximum atomic E-state index is 14.5. The number of phenolic OH excluding ortho intramolecular Hbond substituents is 1. The molecule has 2 fully saturated rings. The van der Waals surface area contributed by atoms with Crippen molar-refractivity contribution in [2.75, 3.05) is 0 Å². The van der Waals surface area contributed by atoms with E-state index in [1.54, 1.807) is 24.3 Å². The first-order valence-corrected chi connectivity index (χ1v) is 6.42. The Labute approximate surface area is 101 Å². The predicted molar refractivity (Wildman–Crippen MR) is 64.6 cm³/mol. The summed E-state index contributed by atoms with van der Waals surface area (Å²) in [7, 11) is 0. The average Bonchev–Trinajstić information content (AvgIpc) is 2.68. The van der Waals surface area contributed by atoms with Crippen LogP contribution in [0, 0.1) is 5.92 Å². The summed E-state index contributed by atoms with van der Waals surface area (Å²) in [6, 6.07) is 7.77. The van der Waals surface area contributed by atoms with Gasteiger partial charge in [0.25, 0.3) is 0 Å². The lowest BCUT2D eigenvalue weighted by Gasteiger charge is -2.31. The molecule has 17 heavy (non-hydrogen) atoms. The quantitative estimate of drug-likeness (QED) is 0.826. The minimum absolute atomic E-state index is 0.0575. The molecule has 3 heteroatoms. The summed E-state index contributed by atoms with van der Waals surface area (Å²) in [4.78, 5) is 0. The molecule has 0 saturated carbocycles. The van der Waals surface area contributed by atoms with Crippen LogP contribution < -0.4 is 5.32 Å². The highest BCUT2D eigenvalue weighted by Gasteiger charge is 2.38. The second-order valence-electron chi connectivity index (χ2n) is 5.33. The van der Waals surface area contributed by atoms with Gasteiger partial charge in [-0.1, -0.05) is 18.2 Å². The van der Waals surface area contributed by atoms with Gasteiger partial charge in [0, 0.05) is 17.6 Å². The van der Waals surface area contributed by atoms with Crippen molar-refractivity contribution in [2.45, 2.75) is 43.9 Å². The highest BCUT2D eigenvalue weighted by atomic mass is 19.1.